The first kappa shape index (κ1) is 32.2. The third-order valence-electron chi connectivity index (χ3n) is 6.55. The van der Waals surface area contributed by atoms with Gasteiger partial charge in [0.1, 0.15) is 18.0 Å². The van der Waals surface area contributed by atoms with E-state index < -0.39 is 11.3 Å². The summed E-state index contributed by atoms with van der Waals surface area (Å²) in [5.74, 6) is 1.41. The summed E-state index contributed by atoms with van der Waals surface area (Å²) < 4.78 is 18.3. The molecule has 5 heterocycles. The van der Waals surface area contributed by atoms with Gasteiger partial charge in [-0.05, 0) is 68.3 Å². The van der Waals surface area contributed by atoms with Crippen molar-refractivity contribution in [2.75, 3.05) is 26.2 Å². The molecule has 0 spiro atoms. The van der Waals surface area contributed by atoms with Gasteiger partial charge < -0.3 is 29.2 Å². The molecule has 0 aliphatic carbocycles. The van der Waals surface area contributed by atoms with E-state index in [4.69, 9.17) is 19.4 Å². The quantitative estimate of drug-likeness (QED) is 0.255. The zero-order valence-electron chi connectivity index (χ0n) is 23.5. The van der Waals surface area contributed by atoms with Crippen LogP contribution in [0.3, 0.4) is 0 Å². The van der Waals surface area contributed by atoms with Crippen LogP contribution in [0.25, 0.3) is 0 Å². The van der Waals surface area contributed by atoms with Gasteiger partial charge in [-0.3, -0.25) is 4.79 Å². The van der Waals surface area contributed by atoms with Gasteiger partial charge in [-0.25, -0.2) is 20.0 Å². The number of pyridine rings is 2. The van der Waals surface area contributed by atoms with Gasteiger partial charge in [-0.1, -0.05) is 0 Å². The van der Waals surface area contributed by atoms with E-state index in [1.165, 1.54) is 29.2 Å². The lowest BCUT2D eigenvalue weighted by Gasteiger charge is -2.38. The molecular weight excluding hydrogens is 718 g/mol. The van der Waals surface area contributed by atoms with Crippen molar-refractivity contribution in [2.24, 2.45) is 0 Å². The van der Waals surface area contributed by atoms with Gasteiger partial charge in [0.15, 0.2) is 5.69 Å². The second-order valence-corrected chi connectivity index (χ2v) is 11.7. The van der Waals surface area contributed by atoms with Crippen molar-refractivity contribution in [1.82, 2.24) is 30.0 Å². The highest BCUT2D eigenvalue weighted by molar-refractivity contribution is 9.10. The Hall–Kier alpha value is -4.22. The SMILES string of the molecule is O=C(Cc1cccnn1)N1CC(Oc2ccc(Br)cn2)C1.O=C(Oc1ccc([NH+]([O-])O)cc1)N1CC(Oc2ccc(Br)cn2)C1. The van der Waals surface area contributed by atoms with E-state index in [1.54, 1.807) is 47.8 Å². The molecule has 3 aromatic heterocycles. The summed E-state index contributed by atoms with van der Waals surface area (Å²) in [6, 6.07) is 16.5. The monoisotopic (exact) mass is 743 g/mol. The lowest BCUT2D eigenvalue weighted by Crippen LogP contribution is -2.99. The average Bonchev–Trinajstić information content (AvgIpc) is 2.99. The summed E-state index contributed by atoms with van der Waals surface area (Å²) in [4.78, 5) is 35.5. The number of carbonyl (C=O) groups excluding carboxylic acids is 2. The first-order chi connectivity index (χ1) is 21.7. The molecule has 4 aromatic rings. The number of likely N-dealkylation sites (tertiary alicyclic amines) is 2. The Bertz CT molecular complexity index is 1560. The number of aromatic nitrogens is 4. The molecule has 2 fully saturated rings. The summed E-state index contributed by atoms with van der Waals surface area (Å²) in [5, 5.41) is 26.2. The van der Waals surface area contributed by atoms with Crippen LogP contribution in [0.5, 0.6) is 17.5 Å². The molecule has 0 radical (unpaired) electrons. The number of quaternary nitrogens is 1. The number of hydrogen-bond donors (Lipinski definition) is 2. The summed E-state index contributed by atoms with van der Waals surface area (Å²) in [7, 11) is 0. The molecule has 16 heteroatoms. The smallest absolute Gasteiger partial charge is 0.415 e. The molecule has 234 valence electrons. The Kier molecular flexibility index (Phi) is 10.9. The summed E-state index contributed by atoms with van der Waals surface area (Å²) in [6.45, 7) is 1.97. The fourth-order valence-electron chi connectivity index (χ4n) is 4.11. The fourth-order valence-corrected chi connectivity index (χ4v) is 4.58. The number of nitrogens with zero attached hydrogens (tertiary/aromatic N) is 6. The van der Waals surface area contributed by atoms with Gasteiger partial charge in [0, 0.05) is 51.8 Å². The molecule has 2 N–H and O–H groups in total. The number of hydrogen-bond acceptors (Lipinski definition) is 11. The second kappa shape index (κ2) is 15.2. The van der Waals surface area contributed by atoms with Crippen molar-refractivity contribution in [3.8, 4) is 17.5 Å². The molecule has 0 bridgehead atoms. The minimum Gasteiger partial charge on any atom is -0.595 e. The Morgan fingerprint density at radius 2 is 1.44 bits per heavy atom. The number of ether oxygens (including phenoxy) is 3. The summed E-state index contributed by atoms with van der Waals surface area (Å²) >= 11 is 6.62. The fraction of sp³-hybridized carbons (Fsp3) is 0.241. The number of amides is 2. The molecule has 14 nitrogen and oxygen atoms in total. The normalized spacial score (nSPS) is 15.1. The van der Waals surface area contributed by atoms with Crippen LogP contribution in [-0.2, 0) is 11.2 Å². The molecule has 1 unspecified atom stereocenters. The molecular formula is C29H27Br2N7O7. The minimum atomic E-state index is -1.03. The molecule has 1 aromatic carbocycles. The third-order valence-corrected chi connectivity index (χ3v) is 7.49. The van der Waals surface area contributed by atoms with Gasteiger partial charge in [-0.2, -0.15) is 15.4 Å². The Balaban J connectivity index is 0.000000179. The molecule has 6 rings (SSSR count). The van der Waals surface area contributed by atoms with Crippen LogP contribution >= 0.6 is 31.9 Å². The summed E-state index contributed by atoms with van der Waals surface area (Å²) in [5.41, 5.74) is 0.815. The zero-order chi connectivity index (χ0) is 31.8. The van der Waals surface area contributed by atoms with E-state index in [1.807, 2.05) is 12.1 Å². The highest BCUT2D eigenvalue weighted by Crippen LogP contribution is 2.21. The molecule has 2 saturated heterocycles. The molecule has 1 atom stereocenters. The largest absolute Gasteiger partial charge is 0.595 e. The first-order valence-corrected chi connectivity index (χ1v) is 15.2. The van der Waals surface area contributed by atoms with Crippen LogP contribution in [0.2, 0.25) is 0 Å². The van der Waals surface area contributed by atoms with E-state index >= 15 is 0 Å². The van der Waals surface area contributed by atoms with Crippen LogP contribution in [0, 0.1) is 5.21 Å². The van der Waals surface area contributed by atoms with Gasteiger partial charge >= 0.3 is 6.09 Å². The highest BCUT2D eigenvalue weighted by atomic mass is 79.9. The standard InChI is InChI=1S/C15H14BrN3O5.C14H13BrN4O2/c16-10-1-6-14(17-7-10)23-13-8-18(9-13)15(20)24-12-4-2-11(3-5-12)19(21)22;15-10-3-4-13(16-7-10)21-12-8-19(9-12)14(20)6-11-2-1-5-17-18-11/h1-7,13,19,21H,8-9H2;1-5,7,12H,6,8-9H2. The average molecular weight is 745 g/mol. The van der Waals surface area contributed by atoms with E-state index in [9.17, 15) is 14.8 Å². The van der Waals surface area contributed by atoms with Crippen molar-refractivity contribution >= 4 is 49.5 Å². The lowest BCUT2D eigenvalue weighted by molar-refractivity contribution is -0.991. The van der Waals surface area contributed by atoms with Crippen LogP contribution in [-0.4, -0.2) is 85.6 Å². The number of rotatable bonds is 8. The lowest BCUT2D eigenvalue weighted by atomic mass is 10.1. The molecule has 2 aliphatic heterocycles. The number of nitrogens with one attached hydrogen (secondary N) is 1. The van der Waals surface area contributed by atoms with Crippen molar-refractivity contribution in [2.45, 2.75) is 18.6 Å². The molecule has 0 saturated carbocycles. The highest BCUT2D eigenvalue weighted by Gasteiger charge is 2.34. The predicted molar refractivity (Wildman–Crippen MR) is 165 cm³/mol. The van der Waals surface area contributed by atoms with Crippen LogP contribution in [0.4, 0.5) is 10.5 Å². The number of benzene rings is 1. The van der Waals surface area contributed by atoms with Crippen molar-refractivity contribution < 1.29 is 34.2 Å². The second-order valence-electron chi connectivity index (χ2n) is 9.90. The summed E-state index contributed by atoms with van der Waals surface area (Å²) in [6.07, 6.45) is 4.57. The van der Waals surface area contributed by atoms with E-state index in [-0.39, 0.29) is 30.2 Å². The van der Waals surface area contributed by atoms with Crippen LogP contribution in [0.15, 0.2) is 88.2 Å². The van der Waals surface area contributed by atoms with Crippen molar-refractivity contribution in [3.63, 3.8) is 0 Å². The van der Waals surface area contributed by atoms with Crippen molar-refractivity contribution in [1.29, 1.82) is 0 Å². The van der Waals surface area contributed by atoms with Crippen molar-refractivity contribution in [3.05, 3.63) is 99.1 Å². The molecule has 2 aliphatic rings. The Labute approximate surface area is 274 Å². The van der Waals surface area contributed by atoms with Gasteiger partial charge in [-0.15, -0.1) is 0 Å². The van der Waals surface area contributed by atoms with Gasteiger partial charge in [0.25, 0.3) is 0 Å². The first-order valence-electron chi connectivity index (χ1n) is 13.6. The minimum absolute atomic E-state index is 0.00415. The van der Waals surface area contributed by atoms with Gasteiger partial charge in [0.2, 0.25) is 17.7 Å². The van der Waals surface area contributed by atoms with E-state index in [2.05, 4.69) is 52.0 Å². The molecule has 45 heavy (non-hydrogen) atoms. The number of halogens is 2. The van der Waals surface area contributed by atoms with E-state index in [0.717, 1.165) is 8.95 Å². The Morgan fingerprint density at radius 1 is 0.867 bits per heavy atom. The van der Waals surface area contributed by atoms with Crippen LogP contribution in [0.1, 0.15) is 5.69 Å². The van der Waals surface area contributed by atoms with E-state index in [0.29, 0.717) is 49.4 Å². The third kappa shape index (κ3) is 9.39. The molecule has 2 amide bonds. The Morgan fingerprint density at radius 3 is 1.93 bits per heavy atom. The zero-order valence-corrected chi connectivity index (χ0v) is 26.7. The maximum absolute atomic E-state index is 12.0. The topological polar surface area (TPSA) is 168 Å². The number of carbonyl (C=O) groups is 2. The van der Waals surface area contributed by atoms with Crippen LogP contribution < -0.4 is 19.4 Å². The van der Waals surface area contributed by atoms with Gasteiger partial charge in [0.05, 0.1) is 38.3 Å². The maximum atomic E-state index is 12.0. The predicted octanol–water partition coefficient (Wildman–Crippen LogP) is 2.98. The maximum Gasteiger partial charge on any atom is 0.415 e.